The van der Waals surface area contributed by atoms with E-state index in [4.69, 9.17) is 0 Å². The Kier molecular flexibility index (Phi) is 4.88. The molecule has 0 saturated heterocycles. The van der Waals surface area contributed by atoms with Gasteiger partial charge in [0.2, 0.25) is 0 Å². The van der Waals surface area contributed by atoms with E-state index in [1.54, 1.807) is 5.57 Å². The fourth-order valence-electron chi connectivity index (χ4n) is 1.86. The lowest BCUT2D eigenvalue weighted by atomic mass is 10.0. The van der Waals surface area contributed by atoms with Crippen molar-refractivity contribution < 1.29 is 0 Å². The summed E-state index contributed by atoms with van der Waals surface area (Å²) < 4.78 is 0. The summed E-state index contributed by atoms with van der Waals surface area (Å²) in [5.74, 6) is 0. The monoisotopic (exact) mass is 178 g/mol. The molecule has 13 heavy (non-hydrogen) atoms. The molecule has 0 nitrogen and oxygen atoms in total. The summed E-state index contributed by atoms with van der Waals surface area (Å²) in [6.07, 6.45) is 14.2. The van der Waals surface area contributed by atoms with E-state index in [2.05, 4.69) is 26.0 Å². The minimum atomic E-state index is 1.24. The van der Waals surface area contributed by atoms with Gasteiger partial charge in [-0.3, -0.25) is 0 Å². The second-order valence-electron chi connectivity index (χ2n) is 4.18. The van der Waals surface area contributed by atoms with Crippen LogP contribution in [-0.4, -0.2) is 0 Å². The molecule has 0 saturated carbocycles. The molecule has 0 heteroatoms. The lowest BCUT2D eigenvalue weighted by Gasteiger charge is -2.02. The van der Waals surface area contributed by atoms with Gasteiger partial charge in [-0.15, -0.1) is 0 Å². The van der Waals surface area contributed by atoms with Crippen LogP contribution in [0.2, 0.25) is 0 Å². The highest BCUT2D eigenvalue weighted by Gasteiger charge is 2.03. The number of allylic oxidation sites excluding steroid dienone is 4. The van der Waals surface area contributed by atoms with Gasteiger partial charge in [-0.2, -0.15) is 0 Å². The van der Waals surface area contributed by atoms with Gasteiger partial charge in [0.05, 0.1) is 0 Å². The zero-order valence-electron chi connectivity index (χ0n) is 9.10. The van der Waals surface area contributed by atoms with Crippen LogP contribution in [0, 0.1) is 0 Å². The van der Waals surface area contributed by atoms with Crippen molar-refractivity contribution in [3.05, 3.63) is 23.3 Å². The van der Waals surface area contributed by atoms with E-state index < -0.39 is 0 Å². The van der Waals surface area contributed by atoms with Gasteiger partial charge in [0.25, 0.3) is 0 Å². The Labute approximate surface area is 82.7 Å². The van der Waals surface area contributed by atoms with Crippen molar-refractivity contribution in [3.8, 4) is 0 Å². The van der Waals surface area contributed by atoms with E-state index in [1.807, 2.05) is 0 Å². The smallest absolute Gasteiger partial charge is 0.0105 e. The summed E-state index contributed by atoms with van der Waals surface area (Å²) in [4.78, 5) is 0. The van der Waals surface area contributed by atoms with Crippen molar-refractivity contribution in [1.82, 2.24) is 0 Å². The molecule has 0 aromatic heterocycles. The van der Waals surface area contributed by atoms with Crippen LogP contribution in [0.1, 0.15) is 58.8 Å². The molecule has 0 fully saturated rings. The van der Waals surface area contributed by atoms with Crippen LogP contribution in [-0.2, 0) is 0 Å². The van der Waals surface area contributed by atoms with Crippen LogP contribution in [0.3, 0.4) is 0 Å². The summed E-state index contributed by atoms with van der Waals surface area (Å²) in [5.41, 5.74) is 3.18. The van der Waals surface area contributed by atoms with E-state index in [1.165, 1.54) is 50.5 Å². The van der Waals surface area contributed by atoms with Crippen LogP contribution in [0.4, 0.5) is 0 Å². The number of unbranched alkanes of at least 4 members (excludes halogenated alkanes) is 4. The van der Waals surface area contributed by atoms with Crippen LogP contribution in [0.25, 0.3) is 0 Å². The van der Waals surface area contributed by atoms with Crippen molar-refractivity contribution in [2.24, 2.45) is 0 Å². The normalized spacial score (nSPS) is 15.8. The molecule has 1 rings (SSSR count). The van der Waals surface area contributed by atoms with E-state index in [0.29, 0.717) is 0 Å². The fraction of sp³-hybridized carbons (Fsp3) is 0.692. The van der Waals surface area contributed by atoms with Crippen molar-refractivity contribution in [2.75, 3.05) is 0 Å². The van der Waals surface area contributed by atoms with Crippen molar-refractivity contribution in [1.29, 1.82) is 0 Å². The summed E-state index contributed by atoms with van der Waals surface area (Å²) in [7, 11) is 0. The minimum absolute atomic E-state index is 1.24. The molecule has 1 aliphatic carbocycles. The predicted molar refractivity (Wildman–Crippen MR) is 59.8 cm³/mol. The summed E-state index contributed by atoms with van der Waals surface area (Å²) in [6, 6.07) is 0. The Morgan fingerprint density at radius 2 is 1.85 bits per heavy atom. The van der Waals surface area contributed by atoms with E-state index >= 15 is 0 Å². The first kappa shape index (κ1) is 10.6. The van der Waals surface area contributed by atoms with E-state index in [0.717, 1.165) is 0 Å². The molecule has 0 aromatic carbocycles. The lowest BCUT2D eigenvalue weighted by molar-refractivity contribution is 0.628. The van der Waals surface area contributed by atoms with E-state index in [-0.39, 0.29) is 0 Å². The third-order valence-electron chi connectivity index (χ3n) is 2.71. The lowest BCUT2D eigenvalue weighted by Crippen LogP contribution is -1.82. The Morgan fingerprint density at radius 1 is 1.08 bits per heavy atom. The van der Waals surface area contributed by atoms with Gasteiger partial charge >= 0.3 is 0 Å². The quantitative estimate of drug-likeness (QED) is 0.520. The first-order chi connectivity index (χ1) is 6.33. The first-order valence-corrected chi connectivity index (χ1v) is 5.68. The maximum atomic E-state index is 2.31. The molecule has 1 aliphatic rings. The molecule has 0 bridgehead atoms. The van der Waals surface area contributed by atoms with Gasteiger partial charge in [0.1, 0.15) is 0 Å². The van der Waals surface area contributed by atoms with E-state index in [9.17, 15) is 0 Å². The minimum Gasteiger partial charge on any atom is -0.0693 e. The largest absolute Gasteiger partial charge is 0.0693 e. The Balaban J connectivity index is 1.96. The van der Waals surface area contributed by atoms with Crippen LogP contribution < -0.4 is 0 Å². The van der Waals surface area contributed by atoms with Crippen molar-refractivity contribution in [2.45, 2.75) is 58.8 Å². The molecular weight excluding hydrogens is 156 g/mol. The fourth-order valence-corrected chi connectivity index (χ4v) is 1.86. The third kappa shape index (κ3) is 4.31. The molecule has 0 radical (unpaired) electrons. The van der Waals surface area contributed by atoms with Crippen molar-refractivity contribution >= 4 is 0 Å². The molecular formula is C13H22. The van der Waals surface area contributed by atoms with Gasteiger partial charge in [-0.05, 0) is 26.2 Å². The molecule has 0 aliphatic heterocycles. The van der Waals surface area contributed by atoms with Crippen LogP contribution >= 0.6 is 0 Å². The molecule has 0 unspecified atom stereocenters. The highest BCUT2D eigenvalue weighted by molar-refractivity contribution is 5.28. The van der Waals surface area contributed by atoms with Gasteiger partial charge in [-0.25, -0.2) is 0 Å². The topological polar surface area (TPSA) is 0 Å². The third-order valence-corrected chi connectivity index (χ3v) is 2.71. The standard InChI is InChI=1S/C13H22/c1-3-4-5-6-7-8-13-10-9-12(2)11-13/h9-10H,3-8,11H2,1-2H3. The average molecular weight is 178 g/mol. The average Bonchev–Trinajstić information content (AvgIpc) is 2.51. The zero-order valence-corrected chi connectivity index (χ0v) is 9.10. The maximum absolute atomic E-state index is 2.31. The highest BCUT2D eigenvalue weighted by Crippen LogP contribution is 2.23. The first-order valence-electron chi connectivity index (χ1n) is 5.68. The van der Waals surface area contributed by atoms with Gasteiger partial charge < -0.3 is 0 Å². The number of hydrogen-bond acceptors (Lipinski definition) is 0. The van der Waals surface area contributed by atoms with Gasteiger partial charge in [0, 0.05) is 0 Å². The molecule has 0 aromatic rings. The summed E-state index contributed by atoms with van der Waals surface area (Å²) >= 11 is 0. The van der Waals surface area contributed by atoms with Gasteiger partial charge in [-0.1, -0.05) is 55.9 Å². The SMILES string of the molecule is CCCCCCCC1=CC=C(C)C1. The zero-order chi connectivity index (χ0) is 9.52. The summed E-state index contributed by atoms with van der Waals surface area (Å²) in [5, 5.41) is 0. The molecule has 0 atom stereocenters. The second kappa shape index (κ2) is 6.01. The predicted octanol–water partition coefficient (Wildman–Crippen LogP) is 4.62. The van der Waals surface area contributed by atoms with Crippen molar-refractivity contribution in [3.63, 3.8) is 0 Å². The van der Waals surface area contributed by atoms with Crippen LogP contribution in [0.15, 0.2) is 23.3 Å². The maximum Gasteiger partial charge on any atom is -0.0105 e. The number of hydrogen-bond donors (Lipinski definition) is 0. The Morgan fingerprint density at radius 3 is 2.46 bits per heavy atom. The Bertz CT molecular complexity index is 196. The highest BCUT2D eigenvalue weighted by atomic mass is 14.1. The molecule has 0 heterocycles. The van der Waals surface area contributed by atoms with Gasteiger partial charge in [0.15, 0.2) is 0 Å². The Hall–Kier alpha value is -0.520. The number of rotatable bonds is 6. The molecule has 0 amide bonds. The molecule has 0 spiro atoms. The molecule has 0 N–H and O–H groups in total. The second-order valence-corrected chi connectivity index (χ2v) is 4.18. The summed E-state index contributed by atoms with van der Waals surface area (Å²) in [6.45, 7) is 4.49. The van der Waals surface area contributed by atoms with Crippen LogP contribution in [0.5, 0.6) is 0 Å². The molecule has 74 valence electrons.